The fraction of sp³-hybridized carbons (Fsp3) is 0.467. The Bertz CT molecular complexity index is 1220. The predicted molar refractivity (Wildman–Crippen MR) is 140 cm³/mol. The summed E-state index contributed by atoms with van der Waals surface area (Å²) in [5.74, 6) is -0.844. The van der Waals surface area contributed by atoms with Crippen LogP contribution in [0.2, 0.25) is 0 Å². The maximum Gasteiger partial charge on any atom is 2.00 e. The van der Waals surface area contributed by atoms with Gasteiger partial charge in [-0.2, -0.15) is 13.2 Å². The molecule has 2 fully saturated rings. The quantitative estimate of drug-likeness (QED) is 0.234. The van der Waals surface area contributed by atoms with Gasteiger partial charge in [0.25, 0.3) is 0 Å². The number of hydrogen-bond acceptors (Lipinski definition) is 3. The van der Waals surface area contributed by atoms with Crippen molar-refractivity contribution in [2.75, 3.05) is 26.7 Å². The van der Waals surface area contributed by atoms with Gasteiger partial charge in [-0.1, -0.05) is 45.0 Å². The molecule has 2 saturated heterocycles. The number of halogens is 5. The number of carbonyl (C=O) groups excluding carboxylic acids is 3. The molecule has 1 radical (unpaired) electrons. The molecular formula is C30H33F5N2NbO3. The Hall–Kier alpha value is -2.69. The van der Waals surface area contributed by atoms with Crippen molar-refractivity contribution in [3.05, 3.63) is 77.2 Å². The van der Waals surface area contributed by atoms with E-state index < -0.39 is 23.1 Å². The molecule has 2 amide bonds. The number of hydrogen-bond donors (Lipinski definition) is 0. The minimum atomic E-state index is -4.57. The molecule has 0 N–H and O–H groups in total. The molecule has 1 spiro atoms. The van der Waals surface area contributed by atoms with E-state index in [-0.39, 0.29) is 56.8 Å². The van der Waals surface area contributed by atoms with Crippen LogP contribution in [-0.2, 0) is 42.9 Å². The molecule has 1 unspecified atom stereocenters. The Labute approximate surface area is 253 Å². The van der Waals surface area contributed by atoms with Crippen LogP contribution < -0.4 is 0 Å². The topological polar surface area (TPSA) is 57.7 Å². The second-order valence-electron chi connectivity index (χ2n) is 11.5. The Balaban J connectivity index is 0.000000355. The fourth-order valence-corrected chi connectivity index (χ4v) is 5.22. The number of alkyl halides is 3. The van der Waals surface area contributed by atoms with Crippen molar-refractivity contribution < 1.29 is 58.7 Å². The van der Waals surface area contributed by atoms with Crippen LogP contribution >= 0.6 is 0 Å². The van der Waals surface area contributed by atoms with E-state index in [2.05, 4.69) is 0 Å². The van der Waals surface area contributed by atoms with Crippen molar-refractivity contribution in [3.63, 3.8) is 0 Å². The van der Waals surface area contributed by atoms with E-state index in [0.29, 0.717) is 44.3 Å². The minimum absolute atomic E-state index is 0. The molecule has 5 nitrogen and oxygen atoms in total. The van der Waals surface area contributed by atoms with Gasteiger partial charge in [0.1, 0.15) is 5.82 Å². The van der Waals surface area contributed by atoms with Crippen LogP contribution in [0.1, 0.15) is 62.6 Å². The van der Waals surface area contributed by atoms with E-state index in [9.17, 15) is 36.3 Å². The maximum atomic E-state index is 13.4. The van der Waals surface area contributed by atoms with Gasteiger partial charge in [-0.25, -0.2) is 4.39 Å². The summed E-state index contributed by atoms with van der Waals surface area (Å²) >= 11 is 0. The van der Waals surface area contributed by atoms with Gasteiger partial charge in [-0.3, -0.25) is 15.6 Å². The molecule has 0 aliphatic carbocycles. The number of likely N-dealkylation sites (tertiary alicyclic amines) is 2. The summed E-state index contributed by atoms with van der Waals surface area (Å²) < 4.78 is 61.9. The molecule has 2 aliphatic rings. The zero-order valence-electron chi connectivity index (χ0n) is 23.4. The third-order valence-corrected chi connectivity index (χ3v) is 7.43. The predicted octanol–water partition coefficient (Wildman–Crippen LogP) is 5.93. The fourth-order valence-electron chi connectivity index (χ4n) is 5.22. The van der Waals surface area contributed by atoms with Crippen LogP contribution in [0.25, 0.3) is 0 Å². The second kappa shape index (κ2) is 13.5. The standard InChI is InChI=1S/C22H30FN2O2.C8H3F4O.Nb/c1-21(2,3)13-20(27)25-11-9-22(10-12-25)14-19(26)24(4)15-18(22)16-5-7-17(23)8-6-16;9-7-2-1-6(8(10,11)12)3-5(7)4-13;/h5-8,13,18H,9-12,14-15H2,1-4H3;1-3H;/q2*-1;+2. The summed E-state index contributed by atoms with van der Waals surface area (Å²) in [5, 5.41) is 0. The molecule has 41 heavy (non-hydrogen) atoms. The molecule has 221 valence electrons. The summed E-state index contributed by atoms with van der Waals surface area (Å²) in [6.45, 7) is 8.05. The molecule has 0 aromatic heterocycles. The first kappa shape index (κ1) is 34.5. The van der Waals surface area contributed by atoms with Gasteiger partial charge in [0, 0.05) is 44.8 Å². The van der Waals surface area contributed by atoms with Crippen molar-refractivity contribution in [3.8, 4) is 0 Å². The first-order chi connectivity index (χ1) is 18.5. The second-order valence-corrected chi connectivity index (χ2v) is 11.5. The van der Waals surface area contributed by atoms with E-state index in [1.54, 1.807) is 11.3 Å². The molecule has 0 saturated carbocycles. The van der Waals surface area contributed by atoms with E-state index in [4.69, 9.17) is 0 Å². The van der Waals surface area contributed by atoms with Crippen LogP contribution in [0.15, 0.2) is 42.5 Å². The smallest absolute Gasteiger partial charge is 0.376 e. The summed E-state index contributed by atoms with van der Waals surface area (Å²) in [4.78, 5) is 38.7. The number of amides is 2. The van der Waals surface area contributed by atoms with Gasteiger partial charge in [0.2, 0.25) is 5.91 Å². The minimum Gasteiger partial charge on any atom is -0.376 e. The van der Waals surface area contributed by atoms with Crippen molar-refractivity contribution >= 4 is 18.1 Å². The molecule has 1 atom stereocenters. The Kier molecular flexibility index (Phi) is 11.4. The third kappa shape index (κ3) is 8.90. The van der Waals surface area contributed by atoms with Crippen LogP contribution in [0, 0.1) is 28.9 Å². The van der Waals surface area contributed by atoms with Gasteiger partial charge in [-0.15, -0.1) is 17.0 Å². The molecular weight excluding hydrogens is 624 g/mol. The summed E-state index contributed by atoms with van der Waals surface area (Å²) in [6.07, 6.45) is 0.397. The number of piperidine rings is 2. The Morgan fingerprint density at radius 2 is 1.61 bits per heavy atom. The van der Waals surface area contributed by atoms with Gasteiger partial charge < -0.3 is 19.4 Å². The molecule has 0 bridgehead atoms. The number of carbonyl (C=O) groups is 2. The van der Waals surface area contributed by atoms with Crippen LogP contribution in [0.3, 0.4) is 0 Å². The average Bonchev–Trinajstić information content (AvgIpc) is 2.86. The van der Waals surface area contributed by atoms with Crippen molar-refractivity contribution in [2.45, 2.75) is 52.1 Å². The molecule has 2 aliphatic heterocycles. The zero-order chi connectivity index (χ0) is 29.9. The Morgan fingerprint density at radius 3 is 2.12 bits per heavy atom. The van der Waals surface area contributed by atoms with Crippen molar-refractivity contribution in [2.24, 2.45) is 10.8 Å². The Morgan fingerprint density at radius 1 is 1.02 bits per heavy atom. The van der Waals surface area contributed by atoms with Crippen LogP contribution in [0.5, 0.6) is 0 Å². The maximum absolute atomic E-state index is 13.4. The summed E-state index contributed by atoms with van der Waals surface area (Å²) in [5.41, 5.74) is -0.995. The van der Waals surface area contributed by atoms with E-state index in [1.165, 1.54) is 12.1 Å². The molecule has 2 aromatic rings. The van der Waals surface area contributed by atoms with Crippen LogP contribution in [-0.4, -0.2) is 54.6 Å². The van der Waals surface area contributed by atoms with E-state index in [0.717, 1.165) is 24.7 Å². The SMILES string of the molecule is CN1CC(c2ccc(F)cc2)C2(CCN(C(=O)[CH-]C(C)(C)C)CC2)CC1=O.O=[C-]c1cc(C(F)(F)F)ccc1F.[Nb+2]. The largest absolute Gasteiger partial charge is 2.00 e. The van der Waals surface area contributed by atoms with E-state index >= 15 is 0 Å². The molecule has 2 aromatic carbocycles. The number of rotatable bonds is 3. The van der Waals surface area contributed by atoms with E-state index in [1.807, 2.05) is 44.9 Å². The number of benzene rings is 2. The van der Waals surface area contributed by atoms with Gasteiger partial charge in [0.15, 0.2) is 0 Å². The van der Waals surface area contributed by atoms with Crippen molar-refractivity contribution in [1.29, 1.82) is 0 Å². The first-order valence-corrected chi connectivity index (χ1v) is 12.9. The summed E-state index contributed by atoms with van der Waals surface area (Å²) in [6, 6.07) is 8.25. The molecule has 4 rings (SSSR count). The molecule has 2 heterocycles. The summed E-state index contributed by atoms with van der Waals surface area (Å²) in [7, 11) is 1.84. The third-order valence-electron chi connectivity index (χ3n) is 7.43. The normalized spacial score (nSPS) is 18.7. The van der Waals surface area contributed by atoms with Crippen LogP contribution in [0.4, 0.5) is 22.0 Å². The van der Waals surface area contributed by atoms with Gasteiger partial charge >= 0.3 is 28.6 Å². The number of likely N-dealkylation sites (N-methyl/N-ethyl adjacent to an activating group) is 1. The molecule has 11 heteroatoms. The monoisotopic (exact) mass is 657 g/mol. The number of nitrogens with zero attached hydrogens (tertiary/aromatic N) is 2. The van der Waals surface area contributed by atoms with Crippen molar-refractivity contribution in [1.82, 2.24) is 9.80 Å². The zero-order valence-corrected chi connectivity index (χ0v) is 25.6. The van der Waals surface area contributed by atoms with Gasteiger partial charge in [-0.05, 0) is 41.5 Å². The van der Waals surface area contributed by atoms with Gasteiger partial charge in [0.05, 0.1) is 12.2 Å². The average molecular weight is 658 g/mol. The first-order valence-electron chi connectivity index (χ1n) is 12.9.